The zero-order chi connectivity index (χ0) is 12.3. The molecule has 2 rings (SSSR count). The number of hydrogen-bond acceptors (Lipinski definition) is 3. The van der Waals surface area contributed by atoms with E-state index >= 15 is 0 Å². The van der Waals surface area contributed by atoms with Gasteiger partial charge in [0.05, 0.1) is 18.8 Å². The Morgan fingerprint density at radius 3 is 2.76 bits per heavy atom. The Labute approximate surface area is 105 Å². The molecule has 2 aliphatic rings. The smallest absolute Gasteiger partial charge is 0.0809 e. The third kappa shape index (κ3) is 3.21. The molecular weight excluding hydrogens is 214 g/mol. The van der Waals surface area contributed by atoms with Crippen LogP contribution in [0.5, 0.6) is 0 Å². The molecule has 0 aromatic carbocycles. The lowest BCUT2D eigenvalue weighted by Crippen LogP contribution is -2.52. The zero-order valence-electron chi connectivity index (χ0n) is 11.5. The number of likely N-dealkylation sites (N-methyl/N-ethyl adjacent to an activating group) is 1. The predicted molar refractivity (Wildman–Crippen MR) is 69.2 cm³/mol. The lowest BCUT2D eigenvalue weighted by Gasteiger charge is -2.43. The first-order chi connectivity index (χ1) is 8.13. The molecular formula is C14H27NO2. The van der Waals surface area contributed by atoms with Gasteiger partial charge in [0.2, 0.25) is 0 Å². The lowest BCUT2D eigenvalue weighted by molar-refractivity contribution is -0.0689. The van der Waals surface area contributed by atoms with Gasteiger partial charge in [-0.3, -0.25) is 0 Å². The SMILES string of the molecule is CNC1C(OCC2CCCO2)CCCC1(C)C. The van der Waals surface area contributed by atoms with Crippen molar-refractivity contribution in [3.63, 3.8) is 0 Å². The van der Waals surface area contributed by atoms with Crippen molar-refractivity contribution in [3.05, 3.63) is 0 Å². The van der Waals surface area contributed by atoms with E-state index in [4.69, 9.17) is 9.47 Å². The monoisotopic (exact) mass is 241 g/mol. The van der Waals surface area contributed by atoms with Gasteiger partial charge < -0.3 is 14.8 Å². The van der Waals surface area contributed by atoms with E-state index in [0.717, 1.165) is 13.2 Å². The van der Waals surface area contributed by atoms with E-state index in [9.17, 15) is 0 Å². The van der Waals surface area contributed by atoms with Gasteiger partial charge in [-0.2, -0.15) is 0 Å². The Kier molecular flexibility index (Phi) is 4.45. The summed E-state index contributed by atoms with van der Waals surface area (Å²) in [6.45, 7) is 6.38. The van der Waals surface area contributed by atoms with Crippen molar-refractivity contribution in [2.45, 2.75) is 64.2 Å². The molecule has 1 heterocycles. The summed E-state index contributed by atoms with van der Waals surface area (Å²) >= 11 is 0. The van der Waals surface area contributed by atoms with Gasteiger partial charge in [-0.1, -0.05) is 20.3 Å². The molecule has 0 spiro atoms. The lowest BCUT2D eigenvalue weighted by atomic mass is 9.72. The molecule has 1 saturated carbocycles. The topological polar surface area (TPSA) is 30.5 Å². The summed E-state index contributed by atoms with van der Waals surface area (Å²) in [6, 6.07) is 0.470. The van der Waals surface area contributed by atoms with Gasteiger partial charge >= 0.3 is 0 Å². The predicted octanol–water partition coefficient (Wildman–Crippen LogP) is 2.35. The average molecular weight is 241 g/mol. The highest BCUT2D eigenvalue weighted by Crippen LogP contribution is 2.37. The average Bonchev–Trinajstić information content (AvgIpc) is 2.78. The van der Waals surface area contributed by atoms with Gasteiger partial charge in [0.15, 0.2) is 0 Å². The van der Waals surface area contributed by atoms with Crippen molar-refractivity contribution in [3.8, 4) is 0 Å². The van der Waals surface area contributed by atoms with Crippen molar-refractivity contribution >= 4 is 0 Å². The Morgan fingerprint density at radius 1 is 1.29 bits per heavy atom. The van der Waals surface area contributed by atoms with E-state index in [1.54, 1.807) is 0 Å². The highest BCUT2D eigenvalue weighted by molar-refractivity contribution is 4.93. The molecule has 1 saturated heterocycles. The van der Waals surface area contributed by atoms with Gasteiger partial charge in [-0.15, -0.1) is 0 Å². The van der Waals surface area contributed by atoms with Gasteiger partial charge in [0.1, 0.15) is 0 Å². The minimum absolute atomic E-state index is 0.341. The molecule has 2 fully saturated rings. The van der Waals surface area contributed by atoms with E-state index in [1.807, 2.05) is 0 Å². The molecule has 1 N–H and O–H groups in total. The Morgan fingerprint density at radius 2 is 2.12 bits per heavy atom. The van der Waals surface area contributed by atoms with Crippen molar-refractivity contribution in [2.24, 2.45) is 5.41 Å². The van der Waals surface area contributed by atoms with Gasteiger partial charge in [-0.25, -0.2) is 0 Å². The maximum absolute atomic E-state index is 6.12. The fourth-order valence-corrected chi connectivity index (χ4v) is 3.35. The molecule has 3 nitrogen and oxygen atoms in total. The Balaban J connectivity index is 1.85. The Hall–Kier alpha value is -0.120. The summed E-state index contributed by atoms with van der Waals surface area (Å²) in [6.07, 6.45) is 6.81. The molecule has 17 heavy (non-hydrogen) atoms. The molecule has 100 valence electrons. The van der Waals surface area contributed by atoms with Crippen LogP contribution < -0.4 is 5.32 Å². The van der Waals surface area contributed by atoms with Gasteiger partial charge in [0, 0.05) is 12.6 Å². The van der Waals surface area contributed by atoms with Crippen LogP contribution in [0, 0.1) is 5.41 Å². The fraction of sp³-hybridized carbons (Fsp3) is 1.00. The third-order valence-electron chi connectivity index (χ3n) is 4.35. The highest BCUT2D eigenvalue weighted by atomic mass is 16.5. The normalized spacial score (nSPS) is 37.2. The van der Waals surface area contributed by atoms with Crippen LogP contribution in [0.2, 0.25) is 0 Å². The van der Waals surface area contributed by atoms with E-state index in [1.165, 1.54) is 32.1 Å². The molecule has 0 aromatic heterocycles. The second kappa shape index (κ2) is 5.68. The summed E-state index contributed by atoms with van der Waals surface area (Å²) in [7, 11) is 2.06. The molecule has 3 atom stereocenters. The minimum atomic E-state index is 0.341. The van der Waals surface area contributed by atoms with E-state index in [0.29, 0.717) is 23.7 Å². The quantitative estimate of drug-likeness (QED) is 0.819. The summed E-state index contributed by atoms with van der Waals surface area (Å²) in [4.78, 5) is 0. The molecule has 0 aromatic rings. The maximum Gasteiger partial charge on any atom is 0.0809 e. The van der Waals surface area contributed by atoms with Crippen molar-refractivity contribution in [2.75, 3.05) is 20.3 Å². The van der Waals surface area contributed by atoms with E-state index in [-0.39, 0.29) is 0 Å². The van der Waals surface area contributed by atoms with Crippen LogP contribution in [0.4, 0.5) is 0 Å². The summed E-state index contributed by atoms with van der Waals surface area (Å²) in [5.74, 6) is 0. The largest absolute Gasteiger partial charge is 0.376 e. The van der Waals surface area contributed by atoms with Crippen LogP contribution in [0.3, 0.4) is 0 Å². The van der Waals surface area contributed by atoms with Crippen LogP contribution in [-0.2, 0) is 9.47 Å². The molecule has 1 aliphatic heterocycles. The van der Waals surface area contributed by atoms with Crippen LogP contribution in [0.15, 0.2) is 0 Å². The summed E-state index contributed by atoms with van der Waals surface area (Å²) in [5.41, 5.74) is 0.341. The first-order valence-electron chi connectivity index (χ1n) is 7.04. The molecule has 1 aliphatic carbocycles. The van der Waals surface area contributed by atoms with Crippen LogP contribution in [-0.4, -0.2) is 38.5 Å². The number of hydrogen-bond donors (Lipinski definition) is 1. The van der Waals surface area contributed by atoms with E-state index < -0.39 is 0 Å². The first kappa shape index (κ1) is 13.3. The molecule has 0 bridgehead atoms. The standard InChI is InChI=1S/C14H27NO2/c1-14(2)8-4-7-12(13(14)15-3)17-10-11-6-5-9-16-11/h11-13,15H,4-10H2,1-3H3. The third-order valence-corrected chi connectivity index (χ3v) is 4.35. The van der Waals surface area contributed by atoms with Gasteiger partial charge in [0.25, 0.3) is 0 Å². The first-order valence-corrected chi connectivity index (χ1v) is 7.04. The summed E-state index contributed by atoms with van der Waals surface area (Å²) < 4.78 is 11.7. The fourth-order valence-electron chi connectivity index (χ4n) is 3.35. The highest BCUT2D eigenvalue weighted by Gasteiger charge is 2.38. The molecule has 3 heteroatoms. The maximum atomic E-state index is 6.12. The van der Waals surface area contributed by atoms with Crippen molar-refractivity contribution < 1.29 is 9.47 Å². The molecule has 0 radical (unpaired) electrons. The second-order valence-electron chi connectivity index (χ2n) is 6.15. The van der Waals surface area contributed by atoms with Crippen molar-refractivity contribution in [1.29, 1.82) is 0 Å². The number of ether oxygens (including phenoxy) is 2. The molecule has 3 unspecified atom stereocenters. The minimum Gasteiger partial charge on any atom is -0.376 e. The van der Waals surface area contributed by atoms with Crippen LogP contribution in [0.1, 0.15) is 46.0 Å². The van der Waals surface area contributed by atoms with Crippen LogP contribution >= 0.6 is 0 Å². The van der Waals surface area contributed by atoms with E-state index in [2.05, 4.69) is 26.2 Å². The summed E-state index contributed by atoms with van der Waals surface area (Å²) in [5, 5.41) is 3.45. The number of rotatable bonds is 4. The van der Waals surface area contributed by atoms with Gasteiger partial charge in [-0.05, 0) is 38.1 Å². The van der Waals surface area contributed by atoms with Crippen LogP contribution in [0.25, 0.3) is 0 Å². The second-order valence-corrected chi connectivity index (χ2v) is 6.15. The molecule has 0 amide bonds. The number of nitrogens with one attached hydrogen (secondary N) is 1. The Bertz CT molecular complexity index is 236. The van der Waals surface area contributed by atoms with Crippen molar-refractivity contribution in [1.82, 2.24) is 5.32 Å². The zero-order valence-corrected chi connectivity index (χ0v) is 11.5.